The van der Waals surface area contributed by atoms with Gasteiger partial charge >= 0.3 is 6.18 Å². The third kappa shape index (κ3) is 4.00. The number of rotatable bonds is 4. The summed E-state index contributed by atoms with van der Waals surface area (Å²) in [6.07, 6.45) is -2.21. The molecule has 1 amide bonds. The van der Waals surface area contributed by atoms with Gasteiger partial charge < -0.3 is 10.1 Å². The Balaban J connectivity index is 1.53. The number of halogens is 4. The monoisotopic (exact) mass is 420 g/mol. The van der Waals surface area contributed by atoms with Gasteiger partial charge in [-0.05, 0) is 23.8 Å². The molecule has 29 heavy (non-hydrogen) atoms. The fraction of sp³-hybridized carbons (Fsp3) is 0.238. The summed E-state index contributed by atoms with van der Waals surface area (Å²) >= 11 is 6.33. The van der Waals surface area contributed by atoms with E-state index in [2.05, 4.69) is 10.3 Å². The molecule has 0 radical (unpaired) electrons. The highest BCUT2D eigenvalue weighted by atomic mass is 35.5. The summed E-state index contributed by atoms with van der Waals surface area (Å²) in [4.78, 5) is 16.2. The molecule has 1 unspecified atom stereocenters. The van der Waals surface area contributed by atoms with Gasteiger partial charge in [-0.3, -0.25) is 9.79 Å². The van der Waals surface area contributed by atoms with Crippen LogP contribution in [0.4, 0.5) is 13.2 Å². The standard InChI is InChI=1S/C21H16ClF3N2O2/c22-17-9-12(15-10-19(28)27-20-14(15)7-8-26-20)5-6-18(17)29-11-13-3-1-2-4-16(13)21(23,24)25/h1-7,9,15H,8,10-11H2,(H,26,27,28). The largest absolute Gasteiger partial charge is 0.487 e. The molecule has 1 saturated heterocycles. The Morgan fingerprint density at radius 2 is 2.00 bits per heavy atom. The molecule has 1 atom stereocenters. The average Bonchev–Trinajstić information content (AvgIpc) is 3.14. The normalized spacial score (nSPS) is 18.6. The van der Waals surface area contributed by atoms with Crippen molar-refractivity contribution < 1.29 is 22.7 Å². The number of alkyl halides is 3. The van der Waals surface area contributed by atoms with Crippen LogP contribution in [0.15, 0.2) is 59.1 Å². The Morgan fingerprint density at radius 1 is 1.21 bits per heavy atom. The maximum Gasteiger partial charge on any atom is 0.416 e. The summed E-state index contributed by atoms with van der Waals surface area (Å²) < 4.78 is 44.9. The predicted octanol–water partition coefficient (Wildman–Crippen LogP) is 4.88. The first-order chi connectivity index (χ1) is 13.8. The van der Waals surface area contributed by atoms with Gasteiger partial charge in [0.05, 0.1) is 17.1 Å². The number of hydrogen-bond donors (Lipinski definition) is 1. The third-order valence-corrected chi connectivity index (χ3v) is 5.22. The van der Waals surface area contributed by atoms with E-state index in [9.17, 15) is 18.0 Å². The van der Waals surface area contributed by atoms with Crippen LogP contribution in [0.1, 0.15) is 29.0 Å². The minimum Gasteiger partial charge on any atom is -0.487 e. The molecule has 0 bridgehead atoms. The number of amidine groups is 1. The van der Waals surface area contributed by atoms with Crippen molar-refractivity contribution in [3.8, 4) is 5.75 Å². The first-order valence-corrected chi connectivity index (χ1v) is 9.33. The number of fused-ring (bicyclic) bond motifs is 1. The molecule has 4 rings (SSSR count). The van der Waals surface area contributed by atoms with Crippen LogP contribution in [0.3, 0.4) is 0 Å². The molecule has 2 heterocycles. The highest BCUT2D eigenvalue weighted by Crippen LogP contribution is 2.37. The molecular weight excluding hydrogens is 405 g/mol. The highest BCUT2D eigenvalue weighted by molar-refractivity contribution is 6.32. The molecule has 0 saturated carbocycles. The zero-order valence-electron chi connectivity index (χ0n) is 15.1. The topological polar surface area (TPSA) is 50.7 Å². The number of carbonyl (C=O) groups excluding carboxylic acids is 1. The number of benzene rings is 2. The lowest BCUT2D eigenvalue weighted by Crippen LogP contribution is -2.38. The number of nitrogens with one attached hydrogen (secondary N) is 1. The molecule has 150 valence electrons. The van der Waals surface area contributed by atoms with Gasteiger partial charge in [-0.25, -0.2) is 0 Å². The molecule has 0 aromatic heterocycles. The summed E-state index contributed by atoms with van der Waals surface area (Å²) in [6, 6.07) is 10.3. The van der Waals surface area contributed by atoms with E-state index in [0.717, 1.165) is 17.2 Å². The van der Waals surface area contributed by atoms with Crippen molar-refractivity contribution in [3.05, 3.63) is 75.8 Å². The van der Waals surface area contributed by atoms with Crippen molar-refractivity contribution in [1.82, 2.24) is 5.32 Å². The van der Waals surface area contributed by atoms with Crippen molar-refractivity contribution in [2.45, 2.75) is 25.1 Å². The maximum absolute atomic E-state index is 13.1. The fourth-order valence-corrected chi connectivity index (χ4v) is 3.79. The van der Waals surface area contributed by atoms with Crippen LogP contribution < -0.4 is 10.1 Å². The number of ether oxygens (including phenoxy) is 1. The molecule has 1 N–H and O–H groups in total. The van der Waals surface area contributed by atoms with Crippen molar-refractivity contribution >= 4 is 23.3 Å². The molecular formula is C21H16ClF3N2O2. The van der Waals surface area contributed by atoms with Crippen LogP contribution in [-0.4, -0.2) is 18.3 Å². The first-order valence-electron chi connectivity index (χ1n) is 8.95. The van der Waals surface area contributed by atoms with E-state index < -0.39 is 11.7 Å². The molecule has 2 aliphatic heterocycles. The van der Waals surface area contributed by atoms with Crippen molar-refractivity contribution in [1.29, 1.82) is 0 Å². The van der Waals surface area contributed by atoms with Gasteiger partial charge in [0, 0.05) is 23.5 Å². The molecule has 2 aromatic carbocycles. The van der Waals surface area contributed by atoms with Gasteiger partial charge in [0.1, 0.15) is 18.2 Å². The van der Waals surface area contributed by atoms with Crippen LogP contribution >= 0.6 is 11.6 Å². The molecule has 0 spiro atoms. The summed E-state index contributed by atoms with van der Waals surface area (Å²) in [5.74, 6) is 0.587. The van der Waals surface area contributed by atoms with E-state index in [1.165, 1.54) is 18.2 Å². The van der Waals surface area contributed by atoms with E-state index in [1.54, 1.807) is 18.2 Å². The summed E-state index contributed by atoms with van der Waals surface area (Å²) in [7, 11) is 0. The lowest BCUT2D eigenvalue weighted by atomic mass is 9.85. The number of carbonyl (C=O) groups is 1. The lowest BCUT2D eigenvalue weighted by Gasteiger charge is -2.25. The second kappa shape index (κ2) is 7.55. The molecule has 0 aliphatic carbocycles. The van der Waals surface area contributed by atoms with E-state index in [4.69, 9.17) is 16.3 Å². The quantitative estimate of drug-likeness (QED) is 0.766. The minimum atomic E-state index is -4.45. The lowest BCUT2D eigenvalue weighted by molar-refractivity contribution is -0.138. The number of piperidine rings is 1. The smallest absolute Gasteiger partial charge is 0.416 e. The average molecular weight is 421 g/mol. The Bertz CT molecular complexity index is 1030. The van der Waals surface area contributed by atoms with Gasteiger partial charge in [-0.1, -0.05) is 41.9 Å². The Labute approximate surface area is 170 Å². The third-order valence-electron chi connectivity index (χ3n) is 4.92. The SMILES string of the molecule is O=C1CC(c2ccc(OCc3ccccc3C(F)(F)F)c(Cl)c2)C2=CCN=C2N1. The number of amides is 1. The van der Waals surface area contributed by atoms with Gasteiger partial charge in [0.25, 0.3) is 0 Å². The van der Waals surface area contributed by atoms with Crippen molar-refractivity contribution in [2.24, 2.45) is 4.99 Å². The van der Waals surface area contributed by atoms with Crippen LogP contribution in [0.2, 0.25) is 5.02 Å². The predicted molar refractivity (Wildman–Crippen MR) is 103 cm³/mol. The van der Waals surface area contributed by atoms with E-state index in [0.29, 0.717) is 12.4 Å². The van der Waals surface area contributed by atoms with Gasteiger partial charge in [-0.2, -0.15) is 13.2 Å². The zero-order valence-corrected chi connectivity index (χ0v) is 15.8. The highest BCUT2D eigenvalue weighted by Gasteiger charge is 2.33. The van der Waals surface area contributed by atoms with E-state index >= 15 is 0 Å². The minimum absolute atomic E-state index is 0.0288. The maximum atomic E-state index is 13.1. The molecule has 2 aliphatic rings. The Kier molecular flexibility index (Phi) is 5.08. The summed E-state index contributed by atoms with van der Waals surface area (Å²) in [6.45, 7) is 0.261. The number of hydrogen-bond acceptors (Lipinski definition) is 3. The van der Waals surface area contributed by atoms with Gasteiger partial charge in [0.15, 0.2) is 0 Å². The molecule has 2 aromatic rings. The van der Waals surface area contributed by atoms with Crippen LogP contribution in [0.25, 0.3) is 0 Å². The molecule has 1 fully saturated rings. The Morgan fingerprint density at radius 3 is 2.76 bits per heavy atom. The van der Waals surface area contributed by atoms with Crippen LogP contribution in [0.5, 0.6) is 5.75 Å². The second-order valence-corrected chi connectivity index (χ2v) is 7.19. The number of aliphatic imine (C=N–C) groups is 1. The second-order valence-electron chi connectivity index (χ2n) is 6.79. The van der Waals surface area contributed by atoms with Crippen LogP contribution in [-0.2, 0) is 17.6 Å². The zero-order chi connectivity index (χ0) is 20.6. The van der Waals surface area contributed by atoms with Gasteiger partial charge in [-0.15, -0.1) is 0 Å². The van der Waals surface area contributed by atoms with E-state index in [1.807, 2.05) is 6.08 Å². The molecule has 4 nitrogen and oxygen atoms in total. The molecule has 8 heteroatoms. The summed E-state index contributed by atoms with van der Waals surface area (Å²) in [5, 5.41) is 3.03. The Hall–Kier alpha value is -2.80. The van der Waals surface area contributed by atoms with Crippen molar-refractivity contribution in [2.75, 3.05) is 6.54 Å². The summed E-state index contributed by atoms with van der Waals surface area (Å²) in [5.41, 5.74) is 1.07. The first kappa shape index (κ1) is 19.5. The van der Waals surface area contributed by atoms with Crippen molar-refractivity contribution in [3.63, 3.8) is 0 Å². The van der Waals surface area contributed by atoms with Crippen LogP contribution in [0, 0.1) is 0 Å². The number of nitrogens with zero attached hydrogens (tertiary/aromatic N) is 1. The fourth-order valence-electron chi connectivity index (χ4n) is 3.55. The van der Waals surface area contributed by atoms with E-state index in [-0.39, 0.29) is 41.2 Å². The van der Waals surface area contributed by atoms with Gasteiger partial charge in [0.2, 0.25) is 5.91 Å².